The van der Waals surface area contributed by atoms with Gasteiger partial charge in [-0.1, -0.05) is 18.5 Å². The normalized spacial score (nSPS) is 23.8. The van der Waals surface area contributed by atoms with Gasteiger partial charge in [0.2, 0.25) is 0 Å². The molecule has 5 heteroatoms. The summed E-state index contributed by atoms with van der Waals surface area (Å²) in [6.45, 7) is 6.70. The standard InChI is InChI=1S/C15H22ClNO3/c1-4-12-9-20-10(2)7-17(12)8-11-5-13(16)15(18)14(6-11)19-3/h5-6,10,12,18H,4,7-9H2,1-3H3. The van der Waals surface area contributed by atoms with Crippen LogP contribution in [0.15, 0.2) is 12.1 Å². The van der Waals surface area contributed by atoms with Crippen molar-refractivity contribution >= 4 is 11.6 Å². The molecular formula is C15H22ClNO3. The van der Waals surface area contributed by atoms with E-state index < -0.39 is 0 Å². The Kier molecular flexibility index (Phi) is 5.13. The fraction of sp³-hybridized carbons (Fsp3) is 0.600. The van der Waals surface area contributed by atoms with E-state index in [-0.39, 0.29) is 11.9 Å². The number of nitrogens with zero attached hydrogens (tertiary/aromatic N) is 1. The van der Waals surface area contributed by atoms with Crippen molar-refractivity contribution in [3.05, 3.63) is 22.7 Å². The van der Waals surface area contributed by atoms with Crippen LogP contribution in [-0.2, 0) is 11.3 Å². The highest BCUT2D eigenvalue weighted by atomic mass is 35.5. The number of morpholine rings is 1. The first-order valence-electron chi connectivity index (χ1n) is 6.96. The average molecular weight is 300 g/mol. The van der Waals surface area contributed by atoms with Crippen LogP contribution in [0, 0.1) is 0 Å². The predicted molar refractivity (Wildman–Crippen MR) is 79.6 cm³/mol. The molecule has 1 saturated heterocycles. The molecule has 1 aromatic carbocycles. The summed E-state index contributed by atoms with van der Waals surface area (Å²) in [5, 5.41) is 10.1. The number of rotatable bonds is 4. The van der Waals surface area contributed by atoms with Crippen molar-refractivity contribution in [1.29, 1.82) is 0 Å². The summed E-state index contributed by atoms with van der Waals surface area (Å²) < 4.78 is 10.9. The number of hydrogen-bond acceptors (Lipinski definition) is 4. The molecule has 4 nitrogen and oxygen atoms in total. The Hall–Kier alpha value is -0.970. The molecule has 0 radical (unpaired) electrons. The summed E-state index contributed by atoms with van der Waals surface area (Å²) in [6.07, 6.45) is 1.29. The van der Waals surface area contributed by atoms with E-state index in [1.54, 1.807) is 6.07 Å². The minimum Gasteiger partial charge on any atom is -0.503 e. The first-order valence-corrected chi connectivity index (χ1v) is 7.34. The maximum atomic E-state index is 9.78. The van der Waals surface area contributed by atoms with E-state index in [0.29, 0.717) is 16.8 Å². The maximum absolute atomic E-state index is 9.78. The Morgan fingerprint density at radius 3 is 2.90 bits per heavy atom. The van der Waals surface area contributed by atoms with Gasteiger partial charge in [0.1, 0.15) is 0 Å². The number of phenols is 1. The summed E-state index contributed by atoms with van der Waals surface area (Å²) in [6, 6.07) is 4.06. The summed E-state index contributed by atoms with van der Waals surface area (Å²) in [7, 11) is 1.53. The van der Waals surface area contributed by atoms with E-state index in [1.165, 1.54) is 7.11 Å². The van der Waals surface area contributed by atoms with E-state index in [1.807, 2.05) is 6.07 Å². The number of hydrogen-bond donors (Lipinski definition) is 1. The first kappa shape index (κ1) is 15.4. The molecule has 1 aliphatic heterocycles. The van der Waals surface area contributed by atoms with Gasteiger partial charge in [0, 0.05) is 19.1 Å². The predicted octanol–water partition coefficient (Wildman–Crippen LogP) is 3.05. The molecule has 1 heterocycles. The number of ether oxygens (including phenoxy) is 2. The van der Waals surface area contributed by atoms with Gasteiger partial charge in [-0.05, 0) is 31.0 Å². The third-order valence-electron chi connectivity index (χ3n) is 3.75. The number of halogens is 1. The van der Waals surface area contributed by atoms with Gasteiger partial charge in [-0.15, -0.1) is 0 Å². The molecule has 1 N–H and O–H groups in total. The zero-order valence-corrected chi connectivity index (χ0v) is 13.0. The Bertz CT molecular complexity index is 467. The molecule has 1 aliphatic rings. The van der Waals surface area contributed by atoms with Crippen LogP contribution in [-0.4, -0.2) is 42.4 Å². The van der Waals surface area contributed by atoms with Crippen LogP contribution in [0.1, 0.15) is 25.8 Å². The molecule has 2 atom stereocenters. The SMILES string of the molecule is CCC1COC(C)CN1Cc1cc(Cl)c(O)c(OC)c1. The molecule has 112 valence electrons. The lowest BCUT2D eigenvalue weighted by Crippen LogP contribution is -2.47. The van der Waals surface area contributed by atoms with Gasteiger partial charge in [-0.25, -0.2) is 0 Å². The van der Waals surface area contributed by atoms with Crippen molar-refractivity contribution in [2.75, 3.05) is 20.3 Å². The van der Waals surface area contributed by atoms with Crippen molar-refractivity contribution in [2.45, 2.75) is 39.0 Å². The second kappa shape index (κ2) is 6.66. The highest BCUT2D eigenvalue weighted by molar-refractivity contribution is 6.32. The van der Waals surface area contributed by atoms with E-state index in [0.717, 1.165) is 31.7 Å². The van der Waals surface area contributed by atoms with Gasteiger partial charge in [0.05, 0.1) is 24.8 Å². The van der Waals surface area contributed by atoms with Crippen molar-refractivity contribution < 1.29 is 14.6 Å². The Labute approximate surface area is 125 Å². The molecule has 20 heavy (non-hydrogen) atoms. The van der Waals surface area contributed by atoms with E-state index in [9.17, 15) is 5.11 Å². The van der Waals surface area contributed by atoms with Crippen LogP contribution in [0.4, 0.5) is 0 Å². The van der Waals surface area contributed by atoms with Gasteiger partial charge >= 0.3 is 0 Å². The number of benzene rings is 1. The van der Waals surface area contributed by atoms with Gasteiger partial charge in [-0.2, -0.15) is 0 Å². The van der Waals surface area contributed by atoms with Gasteiger partial charge in [0.25, 0.3) is 0 Å². The quantitative estimate of drug-likeness (QED) is 0.928. The third-order valence-corrected chi connectivity index (χ3v) is 4.03. The van der Waals surface area contributed by atoms with Gasteiger partial charge in [-0.3, -0.25) is 4.90 Å². The molecule has 2 rings (SSSR count). The van der Waals surface area contributed by atoms with Crippen LogP contribution in [0.2, 0.25) is 5.02 Å². The largest absolute Gasteiger partial charge is 0.503 e. The van der Waals surface area contributed by atoms with Crippen molar-refractivity contribution in [2.24, 2.45) is 0 Å². The van der Waals surface area contributed by atoms with Crippen molar-refractivity contribution in [3.8, 4) is 11.5 Å². The van der Waals surface area contributed by atoms with Crippen LogP contribution in [0.5, 0.6) is 11.5 Å². The number of methoxy groups -OCH3 is 1. The minimum atomic E-state index is 0.000281. The highest BCUT2D eigenvalue weighted by Gasteiger charge is 2.25. The van der Waals surface area contributed by atoms with Gasteiger partial charge < -0.3 is 14.6 Å². The second-order valence-corrected chi connectivity index (χ2v) is 5.67. The van der Waals surface area contributed by atoms with Gasteiger partial charge in [0.15, 0.2) is 11.5 Å². The Morgan fingerprint density at radius 2 is 2.25 bits per heavy atom. The molecule has 0 spiro atoms. The lowest BCUT2D eigenvalue weighted by molar-refractivity contribution is -0.0592. The average Bonchev–Trinajstić information content (AvgIpc) is 2.43. The monoisotopic (exact) mass is 299 g/mol. The van der Waals surface area contributed by atoms with E-state index >= 15 is 0 Å². The van der Waals surface area contributed by atoms with Crippen molar-refractivity contribution in [3.63, 3.8) is 0 Å². The van der Waals surface area contributed by atoms with Crippen LogP contribution in [0.3, 0.4) is 0 Å². The fourth-order valence-electron chi connectivity index (χ4n) is 2.59. The maximum Gasteiger partial charge on any atom is 0.176 e. The topological polar surface area (TPSA) is 41.9 Å². The number of aromatic hydroxyl groups is 1. The highest BCUT2D eigenvalue weighted by Crippen LogP contribution is 2.35. The molecule has 1 fully saturated rings. The summed E-state index contributed by atoms with van der Waals surface area (Å²) in [5.74, 6) is 0.419. The summed E-state index contributed by atoms with van der Waals surface area (Å²) >= 11 is 6.04. The van der Waals surface area contributed by atoms with E-state index in [4.69, 9.17) is 21.1 Å². The lowest BCUT2D eigenvalue weighted by Gasteiger charge is -2.38. The van der Waals surface area contributed by atoms with Crippen LogP contribution < -0.4 is 4.74 Å². The summed E-state index contributed by atoms with van der Waals surface area (Å²) in [4.78, 5) is 2.40. The molecule has 0 aliphatic carbocycles. The Morgan fingerprint density at radius 1 is 1.50 bits per heavy atom. The molecule has 0 bridgehead atoms. The molecule has 0 aromatic heterocycles. The molecule has 0 saturated carbocycles. The Balaban J connectivity index is 2.17. The van der Waals surface area contributed by atoms with Crippen molar-refractivity contribution in [1.82, 2.24) is 4.90 Å². The molecule has 2 unspecified atom stereocenters. The summed E-state index contributed by atoms with van der Waals surface area (Å²) in [5.41, 5.74) is 1.04. The minimum absolute atomic E-state index is 0.000281. The lowest BCUT2D eigenvalue weighted by atomic mass is 10.1. The van der Waals surface area contributed by atoms with Crippen LogP contribution >= 0.6 is 11.6 Å². The number of phenolic OH excluding ortho intramolecular Hbond substituents is 1. The van der Waals surface area contributed by atoms with E-state index in [2.05, 4.69) is 18.7 Å². The third kappa shape index (κ3) is 3.37. The first-order chi connectivity index (χ1) is 9.55. The fourth-order valence-corrected chi connectivity index (χ4v) is 2.82. The zero-order valence-electron chi connectivity index (χ0n) is 12.2. The zero-order chi connectivity index (χ0) is 14.7. The van der Waals surface area contributed by atoms with Crippen LogP contribution in [0.25, 0.3) is 0 Å². The molecule has 1 aromatic rings. The molecular weight excluding hydrogens is 278 g/mol. The molecule has 0 amide bonds. The second-order valence-electron chi connectivity index (χ2n) is 5.26. The smallest absolute Gasteiger partial charge is 0.176 e.